The topological polar surface area (TPSA) is 30.5 Å². The second-order valence-electron chi connectivity index (χ2n) is 3.89. The molecular formula is C13H19BrClNO2. The fourth-order valence-corrected chi connectivity index (χ4v) is 2.07. The summed E-state index contributed by atoms with van der Waals surface area (Å²) in [7, 11) is 1.70. The lowest BCUT2D eigenvalue weighted by atomic mass is 10.2. The highest BCUT2D eigenvalue weighted by Crippen LogP contribution is 2.15. The number of alkyl halides is 1. The largest absolute Gasteiger partial charge is 0.492 e. The lowest BCUT2D eigenvalue weighted by Gasteiger charge is -2.16. The molecule has 0 aromatic heterocycles. The first-order valence-electron chi connectivity index (χ1n) is 5.93. The average molecular weight is 337 g/mol. The van der Waals surface area contributed by atoms with E-state index in [9.17, 15) is 0 Å². The second-order valence-corrected chi connectivity index (χ2v) is 5.18. The zero-order valence-corrected chi connectivity index (χ0v) is 12.8. The molecular weight excluding hydrogens is 318 g/mol. The van der Waals surface area contributed by atoms with Gasteiger partial charge in [0.2, 0.25) is 0 Å². The van der Waals surface area contributed by atoms with Crippen LogP contribution in [0.15, 0.2) is 28.7 Å². The first kappa shape index (κ1) is 15.8. The fraction of sp³-hybridized carbons (Fsp3) is 0.538. The van der Waals surface area contributed by atoms with Crippen molar-refractivity contribution >= 4 is 27.5 Å². The van der Waals surface area contributed by atoms with E-state index in [-0.39, 0.29) is 0 Å². The van der Waals surface area contributed by atoms with Crippen molar-refractivity contribution in [3.05, 3.63) is 28.7 Å². The molecule has 0 fully saturated rings. The summed E-state index contributed by atoms with van der Waals surface area (Å²) < 4.78 is 11.8. The lowest BCUT2D eigenvalue weighted by Crippen LogP contribution is -2.36. The van der Waals surface area contributed by atoms with Gasteiger partial charge in [-0.2, -0.15) is 0 Å². The number of halogens is 2. The van der Waals surface area contributed by atoms with Crippen LogP contribution in [-0.4, -0.2) is 38.8 Å². The Hall–Kier alpha value is -0.290. The highest BCUT2D eigenvalue weighted by molar-refractivity contribution is 9.10. The van der Waals surface area contributed by atoms with Crippen LogP contribution in [0.25, 0.3) is 0 Å². The van der Waals surface area contributed by atoms with Gasteiger partial charge >= 0.3 is 0 Å². The van der Waals surface area contributed by atoms with Gasteiger partial charge in [-0.1, -0.05) is 15.9 Å². The fourth-order valence-electron chi connectivity index (χ4n) is 1.54. The highest BCUT2D eigenvalue weighted by atomic mass is 79.9. The summed E-state index contributed by atoms with van der Waals surface area (Å²) in [5.74, 6) is 1.51. The highest BCUT2D eigenvalue weighted by Gasteiger charge is 2.06. The van der Waals surface area contributed by atoms with Crippen molar-refractivity contribution in [2.75, 3.05) is 32.7 Å². The molecule has 0 aliphatic carbocycles. The van der Waals surface area contributed by atoms with Crippen LogP contribution in [0.1, 0.15) is 6.42 Å². The van der Waals surface area contributed by atoms with Crippen LogP contribution < -0.4 is 10.1 Å². The molecule has 1 aromatic carbocycles. The zero-order valence-electron chi connectivity index (χ0n) is 10.5. The van der Waals surface area contributed by atoms with Gasteiger partial charge in [-0.3, -0.25) is 0 Å². The maximum Gasteiger partial charge on any atom is 0.119 e. The van der Waals surface area contributed by atoms with Crippen molar-refractivity contribution in [3.63, 3.8) is 0 Å². The van der Waals surface area contributed by atoms with Crippen molar-refractivity contribution in [1.29, 1.82) is 0 Å². The molecule has 102 valence electrons. The summed E-state index contributed by atoms with van der Waals surface area (Å²) >= 11 is 9.11. The van der Waals surface area contributed by atoms with Gasteiger partial charge in [-0.15, -0.1) is 11.6 Å². The quantitative estimate of drug-likeness (QED) is 0.555. The number of nitrogens with one attached hydrogen (secondary N) is 1. The molecule has 1 atom stereocenters. The first-order valence-corrected chi connectivity index (χ1v) is 7.25. The molecule has 0 saturated carbocycles. The van der Waals surface area contributed by atoms with Gasteiger partial charge in [0.05, 0.1) is 6.61 Å². The third kappa shape index (κ3) is 6.59. The van der Waals surface area contributed by atoms with E-state index < -0.39 is 0 Å². The minimum atomic E-state index is 0.293. The maximum atomic E-state index is 5.72. The monoisotopic (exact) mass is 335 g/mol. The smallest absolute Gasteiger partial charge is 0.119 e. The molecule has 18 heavy (non-hydrogen) atoms. The molecule has 0 bridgehead atoms. The van der Waals surface area contributed by atoms with Gasteiger partial charge in [0.25, 0.3) is 0 Å². The predicted octanol–water partition coefficient (Wildman–Crippen LogP) is 3.06. The average Bonchev–Trinajstić information content (AvgIpc) is 2.37. The summed E-state index contributed by atoms with van der Waals surface area (Å²) in [6.07, 6.45) is 0.897. The van der Waals surface area contributed by atoms with E-state index in [1.54, 1.807) is 7.11 Å². The zero-order chi connectivity index (χ0) is 13.2. The number of hydrogen-bond donors (Lipinski definition) is 1. The van der Waals surface area contributed by atoms with E-state index in [2.05, 4.69) is 21.2 Å². The van der Waals surface area contributed by atoms with Crippen molar-refractivity contribution in [1.82, 2.24) is 5.32 Å². The molecule has 0 spiro atoms. The standard InChI is InChI=1S/C13H19BrClNO2/c1-17-10-12(6-7-15)16-8-9-18-13-4-2-11(14)3-5-13/h2-5,12,16H,6-10H2,1H3. The Bertz CT molecular complexity index is 315. The van der Waals surface area contributed by atoms with Gasteiger partial charge in [-0.25, -0.2) is 0 Å². The molecule has 3 nitrogen and oxygen atoms in total. The van der Waals surface area contributed by atoms with Gasteiger partial charge in [0, 0.05) is 30.0 Å². The van der Waals surface area contributed by atoms with Crippen LogP contribution in [-0.2, 0) is 4.74 Å². The van der Waals surface area contributed by atoms with Gasteiger partial charge in [0.15, 0.2) is 0 Å². The summed E-state index contributed by atoms with van der Waals surface area (Å²) in [6, 6.07) is 8.10. The molecule has 1 unspecified atom stereocenters. The number of benzene rings is 1. The van der Waals surface area contributed by atoms with E-state index in [4.69, 9.17) is 21.1 Å². The maximum absolute atomic E-state index is 5.72. The Morgan fingerprint density at radius 3 is 2.67 bits per heavy atom. The Morgan fingerprint density at radius 1 is 1.33 bits per heavy atom. The molecule has 1 rings (SSSR count). The van der Waals surface area contributed by atoms with E-state index in [0.29, 0.717) is 25.1 Å². The van der Waals surface area contributed by atoms with Gasteiger partial charge < -0.3 is 14.8 Å². The molecule has 0 aliphatic heterocycles. The number of hydrogen-bond acceptors (Lipinski definition) is 3. The normalized spacial score (nSPS) is 12.4. The van der Waals surface area contributed by atoms with Gasteiger partial charge in [-0.05, 0) is 30.7 Å². The lowest BCUT2D eigenvalue weighted by molar-refractivity contribution is 0.161. The van der Waals surface area contributed by atoms with Crippen molar-refractivity contribution in [3.8, 4) is 5.75 Å². The summed E-state index contributed by atoms with van der Waals surface area (Å²) in [5.41, 5.74) is 0. The van der Waals surface area contributed by atoms with Crippen LogP contribution in [0.5, 0.6) is 5.75 Å². The summed E-state index contributed by atoms with van der Waals surface area (Å²) in [5, 5.41) is 3.36. The Labute approximate surface area is 122 Å². The molecule has 1 aromatic rings. The molecule has 0 radical (unpaired) electrons. The van der Waals surface area contributed by atoms with Crippen LogP contribution in [0.2, 0.25) is 0 Å². The number of methoxy groups -OCH3 is 1. The third-order valence-electron chi connectivity index (χ3n) is 2.44. The Balaban J connectivity index is 2.18. The van der Waals surface area contributed by atoms with Crippen LogP contribution in [0, 0.1) is 0 Å². The third-order valence-corrected chi connectivity index (χ3v) is 3.19. The van der Waals surface area contributed by atoms with Crippen LogP contribution >= 0.6 is 27.5 Å². The minimum Gasteiger partial charge on any atom is -0.492 e. The predicted molar refractivity (Wildman–Crippen MR) is 78.6 cm³/mol. The minimum absolute atomic E-state index is 0.293. The molecule has 5 heteroatoms. The SMILES string of the molecule is COCC(CCCl)NCCOc1ccc(Br)cc1. The van der Waals surface area contributed by atoms with Crippen LogP contribution in [0.4, 0.5) is 0 Å². The van der Waals surface area contributed by atoms with Crippen molar-refractivity contribution < 1.29 is 9.47 Å². The Kier molecular flexibility index (Phi) is 8.42. The molecule has 1 N–H and O–H groups in total. The van der Waals surface area contributed by atoms with Crippen molar-refractivity contribution in [2.24, 2.45) is 0 Å². The second kappa shape index (κ2) is 9.62. The van der Waals surface area contributed by atoms with Gasteiger partial charge in [0.1, 0.15) is 12.4 Å². The first-order chi connectivity index (χ1) is 8.76. The van der Waals surface area contributed by atoms with Crippen molar-refractivity contribution in [2.45, 2.75) is 12.5 Å². The van der Waals surface area contributed by atoms with Crippen LogP contribution in [0.3, 0.4) is 0 Å². The number of ether oxygens (including phenoxy) is 2. The molecule has 0 saturated heterocycles. The van der Waals surface area contributed by atoms with E-state index in [1.165, 1.54) is 0 Å². The molecule has 0 amide bonds. The summed E-state index contributed by atoms with van der Waals surface area (Å²) in [6.45, 7) is 2.08. The molecule has 0 aliphatic rings. The van der Waals surface area contributed by atoms with E-state index in [0.717, 1.165) is 23.2 Å². The van der Waals surface area contributed by atoms with E-state index >= 15 is 0 Å². The van der Waals surface area contributed by atoms with E-state index in [1.807, 2.05) is 24.3 Å². The number of rotatable bonds is 9. The summed E-state index contributed by atoms with van der Waals surface area (Å²) in [4.78, 5) is 0. The Morgan fingerprint density at radius 2 is 2.06 bits per heavy atom. The molecule has 0 heterocycles.